The fraction of sp³-hybridized carbons (Fsp3) is 0.400. The quantitative estimate of drug-likeness (QED) is 0.578. The summed E-state index contributed by atoms with van der Waals surface area (Å²) < 4.78 is 14.7. The summed E-state index contributed by atoms with van der Waals surface area (Å²) in [5.41, 5.74) is 0.852. The number of aromatic nitrogens is 2. The Morgan fingerprint density at radius 3 is 2.67 bits per heavy atom. The second kappa shape index (κ2) is 7.73. The fourth-order valence-electron chi connectivity index (χ4n) is 1.65. The van der Waals surface area contributed by atoms with E-state index in [2.05, 4.69) is 16.3 Å². The first kappa shape index (κ1) is 15.4. The zero-order valence-corrected chi connectivity index (χ0v) is 13.0. The van der Waals surface area contributed by atoms with Gasteiger partial charge in [0, 0.05) is 5.56 Å². The molecule has 1 aromatic carbocycles. The highest BCUT2D eigenvalue weighted by molar-refractivity contribution is 7.07. The van der Waals surface area contributed by atoms with Crippen molar-refractivity contribution in [1.82, 2.24) is 9.36 Å². The molecule has 1 heterocycles. The minimum absolute atomic E-state index is 0.273. The van der Waals surface area contributed by atoms with Gasteiger partial charge in [-0.2, -0.15) is 4.37 Å². The van der Waals surface area contributed by atoms with Gasteiger partial charge in [0.25, 0.3) is 0 Å². The van der Waals surface area contributed by atoms with Gasteiger partial charge in [-0.3, -0.25) is 0 Å². The molecule has 21 heavy (non-hydrogen) atoms. The largest absolute Gasteiger partial charge is 0.494 e. The van der Waals surface area contributed by atoms with Crippen LogP contribution in [-0.4, -0.2) is 28.5 Å². The van der Waals surface area contributed by atoms with Crippen molar-refractivity contribution < 1.29 is 14.3 Å². The van der Waals surface area contributed by atoms with Crippen LogP contribution in [0.15, 0.2) is 24.3 Å². The number of esters is 1. The Morgan fingerprint density at radius 2 is 2.00 bits per heavy atom. The number of nitrogens with zero attached hydrogens (tertiary/aromatic N) is 2. The number of hydrogen-bond donors (Lipinski definition) is 0. The number of unbranched alkanes of at least 4 members (excludes halogenated alkanes) is 1. The average molecular weight is 306 g/mol. The Labute approximate surface area is 128 Å². The lowest BCUT2D eigenvalue weighted by Gasteiger charge is -2.05. The summed E-state index contributed by atoms with van der Waals surface area (Å²) in [7, 11) is 0. The maximum atomic E-state index is 11.6. The number of ether oxygens (including phenoxy) is 2. The predicted molar refractivity (Wildman–Crippen MR) is 81.7 cm³/mol. The van der Waals surface area contributed by atoms with Crippen LogP contribution in [-0.2, 0) is 4.74 Å². The molecule has 0 fully saturated rings. The third-order valence-corrected chi connectivity index (χ3v) is 3.45. The lowest BCUT2D eigenvalue weighted by atomic mass is 10.2. The molecule has 0 amide bonds. The van der Waals surface area contributed by atoms with E-state index in [1.165, 1.54) is 0 Å². The van der Waals surface area contributed by atoms with Crippen LogP contribution in [0.5, 0.6) is 5.75 Å². The third-order valence-electron chi connectivity index (χ3n) is 2.76. The number of benzene rings is 1. The highest BCUT2D eigenvalue weighted by Gasteiger charge is 2.14. The summed E-state index contributed by atoms with van der Waals surface area (Å²) in [6.07, 6.45) is 2.15. The summed E-state index contributed by atoms with van der Waals surface area (Å²) in [6.45, 7) is 4.94. The fourth-order valence-corrected chi connectivity index (χ4v) is 2.23. The van der Waals surface area contributed by atoms with Gasteiger partial charge in [-0.05, 0) is 49.1 Å². The van der Waals surface area contributed by atoms with E-state index >= 15 is 0 Å². The highest BCUT2D eigenvalue weighted by atomic mass is 32.1. The molecule has 0 aliphatic carbocycles. The molecule has 0 radical (unpaired) electrons. The SMILES string of the molecule is CCCCOc1ccc(-c2nsc(C(=O)OCC)n2)cc1. The lowest BCUT2D eigenvalue weighted by Crippen LogP contribution is -2.03. The zero-order valence-electron chi connectivity index (χ0n) is 12.2. The van der Waals surface area contributed by atoms with Crippen molar-refractivity contribution in [2.24, 2.45) is 0 Å². The van der Waals surface area contributed by atoms with Crippen molar-refractivity contribution in [2.45, 2.75) is 26.7 Å². The van der Waals surface area contributed by atoms with Crippen LogP contribution >= 0.6 is 11.5 Å². The monoisotopic (exact) mass is 306 g/mol. The summed E-state index contributed by atoms with van der Waals surface area (Å²) in [4.78, 5) is 15.8. The van der Waals surface area contributed by atoms with E-state index < -0.39 is 5.97 Å². The van der Waals surface area contributed by atoms with Crippen molar-refractivity contribution in [3.63, 3.8) is 0 Å². The molecule has 2 rings (SSSR count). The third kappa shape index (κ3) is 4.26. The number of hydrogen-bond acceptors (Lipinski definition) is 6. The molecular weight excluding hydrogens is 288 g/mol. The van der Waals surface area contributed by atoms with Gasteiger partial charge in [0.1, 0.15) is 5.75 Å². The van der Waals surface area contributed by atoms with Gasteiger partial charge in [0.2, 0.25) is 5.01 Å². The van der Waals surface area contributed by atoms with E-state index in [9.17, 15) is 4.79 Å². The number of carbonyl (C=O) groups is 1. The van der Waals surface area contributed by atoms with Crippen LogP contribution in [0, 0.1) is 0 Å². The van der Waals surface area contributed by atoms with E-state index in [0.717, 1.165) is 42.3 Å². The first-order valence-corrected chi connectivity index (χ1v) is 7.76. The molecule has 0 spiro atoms. The predicted octanol–water partition coefficient (Wildman–Crippen LogP) is 3.56. The molecule has 5 nitrogen and oxygen atoms in total. The molecule has 0 saturated carbocycles. The maximum absolute atomic E-state index is 11.6. The minimum Gasteiger partial charge on any atom is -0.494 e. The van der Waals surface area contributed by atoms with E-state index in [-0.39, 0.29) is 5.01 Å². The van der Waals surface area contributed by atoms with E-state index in [0.29, 0.717) is 12.4 Å². The molecule has 112 valence electrons. The van der Waals surface area contributed by atoms with Crippen molar-refractivity contribution in [1.29, 1.82) is 0 Å². The van der Waals surface area contributed by atoms with Crippen molar-refractivity contribution in [2.75, 3.05) is 13.2 Å². The van der Waals surface area contributed by atoms with Crippen LogP contribution in [0.4, 0.5) is 0 Å². The molecule has 0 aliphatic heterocycles. The average Bonchev–Trinajstić information content (AvgIpc) is 2.98. The van der Waals surface area contributed by atoms with Crippen molar-refractivity contribution >= 4 is 17.5 Å². The van der Waals surface area contributed by atoms with Crippen LogP contribution < -0.4 is 4.74 Å². The van der Waals surface area contributed by atoms with Crippen molar-refractivity contribution in [3.8, 4) is 17.1 Å². The van der Waals surface area contributed by atoms with Crippen molar-refractivity contribution in [3.05, 3.63) is 29.3 Å². The number of rotatable bonds is 7. The van der Waals surface area contributed by atoms with Gasteiger partial charge >= 0.3 is 5.97 Å². The Morgan fingerprint density at radius 1 is 1.24 bits per heavy atom. The zero-order chi connectivity index (χ0) is 15.1. The highest BCUT2D eigenvalue weighted by Crippen LogP contribution is 2.22. The summed E-state index contributed by atoms with van der Waals surface area (Å²) >= 11 is 1.05. The van der Waals surface area contributed by atoms with Crippen LogP contribution in [0.25, 0.3) is 11.4 Å². The first-order chi connectivity index (χ1) is 10.2. The molecule has 0 aliphatic rings. The van der Waals surface area contributed by atoms with E-state index in [1.54, 1.807) is 6.92 Å². The molecule has 2 aromatic rings. The Kier molecular flexibility index (Phi) is 5.68. The second-order valence-electron chi connectivity index (χ2n) is 4.37. The molecular formula is C15H18N2O3S. The van der Waals surface area contributed by atoms with Gasteiger partial charge < -0.3 is 9.47 Å². The Balaban J connectivity index is 2.03. The minimum atomic E-state index is -0.430. The molecule has 0 N–H and O–H groups in total. The smallest absolute Gasteiger partial charge is 0.369 e. The Bertz CT molecular complexity index is 581. The maximum Gasteiger partial charge on any atom is 0.369 e. The molecule has 0 atom stereocenters. The van der Waals surface area contributed by atoms with Gasteiger partial charge in [0.05, 0.1) is 13.2 Å². The molecule has 6 heteroatoms. The second-order valence-corrected chi connectivity index (χ2v) is 5.12. The normalized spacial score (nSPS) is 10.4. The summed E-state index contributed by atoms with van der Waals surface area (Å²) in [5.74, 6) is 0.928. The van der Waals surface area contributed by atoms with Gasteiger partial charge in [-0.25, -0.2) is 9.78 Å². The van der Waals surface area contributed by atoms with E-state index in [4.69, 9.17) is 9.47 Å². The lowest BCUT2D eigenvalue weighted by molar-refractivity contribution is 0.0526. The topological polar surface area (TPSA) is 61.3 Å². The molecule has 0 bridgehead atoms. The standard InChI is InChI=1S/C15H18N2O3S/c1-3-5-10-20-12-8-6-11(7-9-12)13-16-14(21-17-13)15(18)19-4-2/h6-9H,3-5,10H2,1-2H3. The van der Waals surface area contributed by atoms with Gasteiger partial charge in [0.15, 0.2) is 5.82 Å². The summed E-state index contributed by atoms with van der Waals surface area (Å²) in [6, 6.07) is 7.54. The van der Waals surface area contributed by atoms with Crippen LogP contribution in [0.1, 0.15) is 36.5 Å². The summed E-state index contributed by atoms with van der Waals surface area (Å²) in [5, 5.41) is 0.273. The van der Waals surface area contributed by atoms with E-state index in [1.807, 2.05) is 24.3 Å². The Hall–Kier alpha value is -1.95. The van der Waals surface area contributed by atoms with Crippen LogP contribution in [0.2, 0.25) is 0 Å². The first-order valence-electron chi connectivity index (χ1n) is 6.98. The van der Waals surface area contributed by atoms with Crippen LogP contribution in [0.3, 0.4) is 0 Å². The molecule has 0 unspecified atom stereocenters. The number of carbonyl (C=O) groups excluding carboxylic acids is 1. The van der Waals surface area contributed by atoms with Gasteiger partial charge in [-0.1, -0.05) is 13.3 Å². The molecule has 0 saturated heterocycles. The molecule has 1 aromatic heterocycles. The van der Waals surface area contributed by atoms with Gasteiger partial charge in [-0.15, -0.1) is 0 Å².